The van der Waals surface area contributed by atoms with Crippen LogP contribution in [-0.2, 0) is 14.4 Å². The lowest BCUT2D eigenvalue weighted by Gasteiger charge is -2.07. The molecule has 7 heteroatoms. The highest BCUT2D eigenvalue weighted by Gasteiger charge is 2.07. The van der Waals surface area contributed by atoms with Gasteiger partial charge in [0.15, 0.2) is 0 Å². The lowest BCUT2D eigenvalue weighted by atomic mass is 10.2. The molecule has 0 unspecified atom stereocenters. The minimum Gasteiger partial charge on any atom is -0.465 e. The van der Waals surface area contributed by atoms with E-state index in [0.717, 1.165) is 0 Å². The normalized spacial score (nSPS) is 10.2. The lowest BCUT2D eigenvalue weighted by molar-refractivity contribution is -0.124. The fourth-order valence-corrected chi connectivity index (χ4v) is 2.06. The maximum absolute atomic E-state index is 11.8. The van der Waals surface area contributed by atoms with Crippen LogP contribution in [-0.4, -0.2) is 30.8 Å². The van der Waals surface area contributed by atoms with Gasteiger partial charge in [-0.25, -0.2) is 0 Å². The van der Waals surface area contributed by atoms with E-state index < -0.39 is 0 Å². The molecule has 138 valence electrons. The van der Waals surface area contributed by atoms with E-state index in [-0.39, 0.29) is 37.2 Å². The van der Waals surface area contributed by atoms with Crippen LogP contribution >= 0.6 is 0 Å². The van der Waals surface area contributed by atoms with Gasteiger partial charge >= 0.3 is 0 Å². The summed E-state index contributed by atoms with van der Waals surface area (Å²) in [5.41, 5.74) is 1.20. The Morgan fingerprint density at radius 1 is 1.11 bits per heavy atom. The first-order valence-corrected chi connectivity index (χ1v) is 8.19. The SMILES string of the molecule is C#Cc1cccc(NC(=O)CNC(=O)CCNC(=O)/C=C/c2ccco2)c1. The van der Waals surface area contributed by atoms with Crippen LogP contribution in [0.3, 0.4) is 0 Å². The molecular formula is C20H19N3O4. The van der Waals surface area contributed by atoms with Crippen LogP contribution in [0.1, 0.15) is 17.7 Å². The van der Waals surface area contributed by atoms with Crippen molar-refractivity contribution in [3.05, 3.63) is 60.1 Å². The Balaban J connectivity index is 1.63. The lowest BCUT2D eigenvalue weighted by Crippen LogP contribution is -2.35. The molecule has 0 aliphatic carbocycles. The first kappa shape index (κ1) is 19.5. The van der Waals surface area contributed by atoms with E-state index >= 15 is 0 Å². The van der Waals surface area contributed by atoms with E-state index in [4.69, 9.17) is 10.8 Å². The third-order valence-corrected chi connectivity index (χ3v) is 3.35. The monoisotopic (exact) mass is 365 g/mol. The largest absolute Gasteiger partial charge is 0.465 e. The highest BCUT2D eigenvalue weighted by atomic mass is 16.3. The van der Waals surface area contributed by atoms with Crippen molar-refractivity contribution >= 4 is 29.5 Å². The Bertz CT molecular complexity index is 864. The van der Waals surface area contributed by atoms with Crippen LogP contribution in [0.15, 0.2) is 53.2 Å². The summed E-state index contributed by atoms with van der Waals surface area (Å²) in [5.74, 6) is 1.97. The Labute approximate surface area is 156 Å². The molecule has 0 aliphatic heterocycles. The van der Waals surface area contributed by atoms with Crippen molar-refractivity contribution < 1.29 is 18.8 Å². The van der Waals surface area contributed by atoms with E-state index in [0.29, 0.717) is 17.0 Å². The number of furan rings is 1. The average molecular weight is 365 g/mol. The van der Waals surface area contributed by atoms with Crippen molar-refractivity contribution in [3.8, 4) is 12.3 Å². The molecule has 0 saturated heterocycles. The number of carbonyl (C=O) groups is 3. The number of anilines is 1. The third-order valence-electron chi connectivity index (χ3n) is 3.35. The summed E-state index contributed by atoms with van der Waals surface area (Å²) in [6, 6.07) is 10.3. The smallest absolute Gasteiger partial charge is 0.244 e. The van der Waals surface area contributed by atoms with Gasteiger partial charge in [0.25, 0.3) is 0 Å². The molecule has 0 saturated carbocycles. The summed E-state index contributed by atoms with van der Waals surface area (Å²) in [4.78, 5) is 35.1. The molecule has 3 N–H and O–H groups in total. The van der Waals surface area contributed by atoms with Crippen LogP contribution in [0.4, 0.5) is 5.69 Å². The van der Waals surface area contributed by atoms with Crippen molar-refractivity contribution in [2.24, 2.45) is 0 Å². The summed E-state index contributed by atoms with van der Waals surface area (Å²) < 4.78 is 5.06. The third kappa shape index (κ3) is 7.32. The van der Waals surface area contributed by atoms with E-state index in [1.54, 1.807) is 36.4 Å². The van der Waals surface area contributed by atoms with E-state index in [1.807, 2.05) is 0 Å². The molecular weight excluding hydrogens is 346 g/mol. The molecule has 0 radical (unpaired) electrons. The summed E-state index contributed by atoms with van der Waals surface area (Å²) in [6.45, 7) is -0.0234. The van der Waals surface area contributed by atoms with Crippen LogP contribution in [0.25, 0.3) is 6.08 Å². The standard InChI is InChI=1S/C20H19N3O4/c1-2-15-5-3-6-16(13-15)23-20(26)14-22-19(25)10-11-21-18(24)9-8-17-7-4-12-27-17/h1,3-9,12-13H,10-11,14H2,(H,21,24)(H,22,25)(H,23,26)/b9-8+. The number of benzene rings is 1. The molecule has 2 aromatic rings. The van der Waals surface area contributed by atoms with Gasteiger partial charge in [0.05, 0.1) is 12.8 Å². The van der Waals surface area contributed by atoms with Gasteiger partial charge in [0, 0.05) is 30.3 Å². The van der Waals surface area contributed by atoms with Gasteiger partial charge in [-0.15, -0.1) is 6.42 Å². The van der Waals surface area contributed by atoms with Gasteiger partial charge in [0.1, 0.15) is 5.76 Å². The number of rotatable bonds is 8. The van der Waals surface area contributed by atoms with Crippen LogP contribution in [0, 0.1) is 12.3 Å². The molecule has 0 spiro atoms. The molecule has 1 aromatic carbocycles. The topological polar surface area (TPSA) is 100 Å². The second-order valence-corrected chi connectivity index (χ2v) is 5.44. The van der Waals surface area contributed by atoms with Crippen LogP contribution in [0.2, 0.25) is 0 Å². The van der Waals surface area contributed by atoms with Crippen molar-refractivity contribution in [2.75, 3.05) is 18.4 Å². The van der Waals surface area contributed by atoms with Crippen molar-refractivity contribution in [3.63, 3.8) is 0 Å². The second kappa shape index (κ2) is 10.3. The van der Waals surface area contributed by atoms with E-state index in [2.05, 4.69) is 21.9 Å². The molecule has 27 heavy (non-hydrogen) atoms. The number of hydrogen-bond acceptors (Lipinski definition) is 4. The molecule has 0 fully saturated rings. The first-order chi connectivity index (χ1) is 13.1. The first-order valence-electron chi connectivity index (χ1n) is 8.19. The van der Waals surface area contributed by atoms with Crippen LogP contribution in [0.5, 0.6) is 0 Å². The maximum atomic E-state index is 11.8. The van der Waals surface area contributed by atoms with Crippen molar-refractivity contribution in [1.29, 1.82) is 0 Å². The quantitative estimate of drug-likeness (QED) is 0.488. The predicted octanol–water partition coefficient (Wildman–Crippen LogP) is 1.54. The maximum Gasteiger partial charge on any atom is 0.244 e. The summed E-state index contributed by atoms with van der Waals surface area (Å²) >= 11 is 0. The van der Waals surface area contributed by atoms with Gasteiger partial charge in [-0.2, -0.15) is 0 Å². The Morgan fingerprint density at radius 3 is 2.70 bits per heavy atom. The highest BCUT2D eigenvalue weighted by molar-refractivity contribution is 5.95. The minimum absolute atomic E-state index is 0.0557. The summed E-state index contributed by atoms with van der Waals surface area (Å²) in [5, 5.41) is 7.69. The minimum atomic E-state index is -0.372. The fourth-order valence-electron chi connectivity index (χ4n) is 2.06. The number of nitrogens with one attached hydrogen (secondary N) is 3. The number of carbonyl (C=O) groups excluding carboxylic acids is 3. The number of amides is 3. The molecule has 3 amide bonds. The molecule has 1 heterocycles. The fraction of sp³-hybridized carbons (Fsp3) is 0.150. The summed E-state index contributed by atoms with van der Waals surface area (Å²) in [6.07, 6.45) is 9.70. The zero-order chi connectivity index (χ0) is 19.5. The average Bonchev–Trinajstić information content (AvgIpc) is 3.18. The zero-order valence-electron chi connectivity index (χ0n) is 14.5. The van der Waals surface area contributed by atoms with Gasteiger partial charge < -0.3 is 20.4 Å². The Morgan fingerprint density at radius 2 is 1.96 bits per heavy atom. The molecule has 0 aliphatic rings. The van der Waals surface area contributed by atoms with E-state index in [1.165, 1.54) is 18.4 Å². The molecule has 2 rings (SSSR count). The number of hydrogen-bond donors (Lipinski definition) is 3. The second-order valence-electron chi connectivity index (χ2n) is 5.44. The predicted molar refractivity (Wildman–Crippen MR) is 101 cm³/mol. The molecule has 0 bridgehead atoms. The van der Waals surface area contributed by atoms with Crippen molar-refractivity contribution in [1.82, 2.24) is 10.6 Å². The molecule has 0 atom stereocenters. The van der Waals surface area contributed by atoms with Gasteiger partial charge in [0.2, 0.25) is 17.7 Å². The van der Waals surface area contributed by atoms with Gasteiger partial charge in [-0.3, -0.25) is 14.4 Å². The zero-order valence-corrected chi connectivity index (χ0v) is 14.5. The molecule has 7 nitrogen and oxygen atoms in total. The van der Waals surface area contributed by atoms with Crippen molar-refractivity contribution in [2.45, 2.75) is 6.42 Å². The van der Waals surface area contributed by atoms with Gasteiger partial charge in [-0.1, -0.05) is 12.0 Å². The Hall–Kier alpha value is -3.79. The summed E-state index contributed by atoms with van der Waals surface area (Å²) in [7, 11) is 0. The van der Waals surface area contributed by atoms with Gasteiger partial charge in [-0.05, 0) is 36.4 Å². The van der Waals surface area contributed by atoms with E-state index in [9.17, 15) is 14.4 Å². The number of terminal acetylenes is 1. The Kier molecular flexibility index (Phi) is 7.42. The molecule has 1 aromatic heterocycles. The highest BCUT2D eigenvalue weighted by Crippen LogP contribution is 2.09. The van der Waals surface area contributed by atoms with Crippen LogP contribution < -0.4 is 16.0 Å².